The number of rotatable bonds is 4. The summed E-state index contributed by atoms with van der Waals surface area (Å²) in [6, 6.07) is 7.59. The molecule has 1 N–H and O–H groups in total. The molecule has 2 rings (SSSR count). The molecule has 0 unspecified atom stereocenters. The lowest BCUT2D eigenvalue weighted by atomic mass is 9.73. The summed E-state index contributed by atoms with van der Waals surface area (Å²) >= 11 is 0. The summed E-state index contributed by atoms with van der Waals surface area (Å²) in [7, 11) is 0. The Morgan fingerprint density at radius 2 is 1.60 bits per heavy atom. The molecular formula is C18H28FN. The maximum Gasteiger partial charge on any atom is 0.123 e. The quantitative estimate of drug-likeness (QED) is 0.827. The van der Waals surface area contributed by atoms with E-state index >= 15 is 0 Å². The average molecular weight is 277 g/mol. The van der Waals surface area contributed by atoms with Gasteiger partial charge in [-0.25, -0.2) is 4.39 Å². The van der Waals surface area contributed by atoms with Crippen molar-refractivity contribution in [3.63, 3.8) is 0 Å². The van der Waals surface area contributed by atoms with Gasteiger partial charge in [0.25, 0.3) is 0 Å². The van der Waals surface area contributed by atoms with E-state index in [4.69, 9.17) is 0 Å². The van der Waals surface area contributed by atoms with Crippen LogP contribution in [0, 0.1) is 11.2 Å². The Morgan fingerprint density at radius 1 is 1.05 bits per heavy atom. The van der Waals surface area contributed by atoms with E-state index in [-0.39, 0.29) is 11.4 Å². The van der Waals surface area contributed by atoms with E-state index < -0.39 is 0 Å². The topological polar surface area (TPSA) is 12.0 Å². The molecule has 1 fully saturated rings. The lowest BCUT2D eigenvalue weighted by molar-refractivity contribution is 0.176. The predicted molar refractivity (Wildman–Crippen MR) is 83.4 cm³/mol. The van der Waals surface area contributed by atoms with Gasteiger partial charge in [0.2, 0.25) is 0 Å². The van der Waals surface area contributed by atoms with Crippen LogP contribution in [0.3, 0.4) is 0 Å². The molecule has 0 radical (unpaired) electrons. The molecular weight excluding hydrogens is 249 g/mol. The molecule has 0 spiro atoms. The van der Waals surface area contributed by atoms with Crippen LogP contribution in [0.2, 0.25) is 0 Å². The van der Waals surface area contributed by atoms with Crippen molar-refractivity contribution in [2.75, 3.05) is 0 Å². The Balaban J connectivity index is 1.83. The van der Waals surface area contributed by atoms with Gasteiger partial charge in [-0.15, -0.1) is 0 Å². The van der Waals surface area contributed by atoms with Gasteiger partial charge in [-0.3, -0.25) is 0 Å². The molecule has 1 aromatic carbocycles. The minimum absolute atomic E-state index is 0.144. The van der Waals surface area contributed by atoms with E-state index in [1.165, 1.54) is 18.4 Å². The first-order valence-electron chi connectivity index (χ1n) is 7.68. The molecule has 0 heterocycles. The predicted octanol–water partition coefficient (Wildman–Crippen LogP) is 4.88. The van der Waals surface area contributed by atoms with Crippen molar-refractivity contribution in [2.24, 2.45) is 5.41 Å². The highest BCUT2D eigenvalue weighted by Crippen LogP contribution is 2.38. The summed E-state index contributed by atoms with van der Waals surface area (Å²) in [6.45, 7) is 11.5. The number of hydrogen-bond acceptors (Lipinski definition) is 1. The minimum Gasteiger partial charge on any atom is -0.309 e. The third kappa shape index (κ3) is 4.31. The van der Waals surface area contributed by atoms with Gasteiger partial charge in [0.1, 0.15) is 5.82 Å². The summed E-state index contributed by atoms with van der Waals surface area (Å²) in [5, 5.41) is 3.79. The van der Waals surface area contributed by atoms with Crippen LogP contribution in [-0.4, -0.2) is 11.6 Å². The minimum atomic E-state index is -0.144. The Bertz CT molecular complexity index is 435. The lowest BCUT2D eigenvalue weighted by Gasteiger charge is -2.43. The first kappa shape index (κ1) is 15.5. The van der Waals surface area contributed by atoms with Gasteiger partial charge in [-0.1, -0.05) is 32.9 Å². The van der Waals surface area contributed by atoms with Gasteiger partial charge in [-0.2, -0.15) is 0 Å². The number of hydrogen-bond donors (Lipinski definition) is 1. The van der Waals surface area contributed by atoms with Crippen molar-refractivity contribution in [1.82, 2.24) is 5.32 Å². The van der Waals surface area contributed by atoms with Gasteiger partial charge in [0.15, 0.2) is 0 Å². The van der Waals surface area contributed by atoms with Crippen LogP contribution in [-0.2, 0) is 0 Å². The van der Waals surface area contributed by atoms with E-state index in [1.54, 1.807) is 12.1 Å². The zero-order valence-corrected chi connectivity index (χ0v) is 13.5. The van der Waals surface area contributed by atoms with Crippen LogP contribution in [0.1, 0.15) is 65.4 Å². The molecule has 1 aliphatic carbocycles. The molecule has 0 aromatic heterocycles. The van der Waals surface area contributed by atoms with Crippen LogP contribution in [0.5, 0.6) is 0 Å². The first-order valence-corrected chi connectivity index (χ1v) is 7.68. The highest BCUT2D eigenvalue weighted by molar-refractivity contribution is 5.23. The van der Waals surface area contributed by atoms with Crippen molar-refractivity contribution in [2.45, 2.75) is 71.4 Å². The summed E-state index contributed by atoms with van der Waals surface area (Å²) < 4.78 is 12.9. The zero-order valence-electron chi connectivity index (χ0n) is 13.5. The average Bonchev–Trinajstić information content (AvgIpc) is 2.21. The Hall–Kier alpha value is -0.890. The summed E-state index contributed by atoms with van der Waals surface area (Å²) in [5.74, 6) is 0.451. The fraction of sp³-hybridized carbons (Fsp3) is 0.667. The number of halogens is 1. The highest BCUT2D eigenvalue weighted by atomic mass is 19.1. The maximum absolute atomic E-state index is 12.9. The van der Waals surface area contributed by atoms with Crippen LogP contribution in [0.25, 0.3) is 0 Å². The molecule has 0 bridgehead atoms. The van der Waals surface area contributed by atoms with Crippen LogP contribution in [0.4, 0.5) is 4.39 Å². The van der Waals surface area contributed by atoms with Crippen molar-refractivity contribution in [1.29, 1.82) is 0 Å². The van der Waals surface area contributed by atoms with Crippen molar-refractivity contribution >= 4 is 0 Å². The number of benzene rings is 1. The standard InChI is InChI=1S/C18H28FN/c1-17(2,3)12-18(4,5)20-16-10-14(11-16)13-6-8-15(19)9-7-13/h6-9,14,16,20H,10-12H2,1-5H3. The fourth-order valence-electron chi connectivity index (χ4n) is 3.67. The molecule has 1 nitrogen and oxygen atoms in total. The molecule has 112 valence electrons. The molecule has 0 aliphatic heterocycles. The smallest absolute Gasteiger partial charge is 0.123 e. The molecule has 1 aliphatic rings. The van der Waals surface area contributed by atoms with Gasteiger partial charge >= 0.3 is 0 Å². The molecule has 2 heteroatoms. The van der Waals surface area contributed by atoms with Crippen LogP contribution in [0.15, 0.2) is 24.3 Å². The van der Waals surface area contributed by atoms with Crippen molar-refractivity contribution < 1.29 is 4.39 Å². The Morgan fingerprint density at radius 3 is 2.10 bits per heavy atom. The largest absolute Gasteiger partial charge is 0.309 e. The van der Waals surface area contributed by atoms with E-state index in [0.29, 0.717) is 17.4 Å². The summed E-state index contributed by atoms with van der Waals surface area (Å²) in [4.78, 5) is 0. The first-order chi connectivity index (χ1) is 9.15. The van der Waals surface area contributed by atoms with E-state index in [2.05, 4.69) is 39.9 Å². The molecule has 0 amide bonds. The Labute approximate surface area is 123 Å². The van der Waals surface area contributed by atoms with Crippen LogP contribution < -0.4 is 5.32 Å². The van der Waals surface area contributed by atoms with Crippen molar-refractivity contribution in [3.05, 3.63) is 35.6 Å². The van der Waals surface area contributed by atoms with Gasteiger partial charge in [0.05, 0.1) is 0 Å². The lowest BCUT2D eigenvalue weighted by Crippen LogP contribution is -2.52. The molecule has 0 atom stereocenters. The third-order valence-corrected chi connectivity index (χ3v) is 4.05. The SMILES string of the molecule is CC(C)(C)CC(C)(C)NC1CC(c2ccc(F)cc2)C1. The summed E-state index contributed by atoms with van der Waals surface area (Å²) in [6.07, 6.45) is 3.50. The van der Waals surface area contributed by atoms with E-state index in [0.717, 1.165) is 6.42 Å². The van der Waals surface area contributed by atoms with Crippen molar-refractivity contribution in [3.8, 4) is 0 Å². The highest BCUT2D eigenvalue weighted by Gasteiger charge is 2.35. The number of nitrogens with one attached hydrogen (secondary N) is 1. The molecule has 1 saturated carbocycles. The monoisotopic (exact) mass is 277 g/mol. The van der Waals surface area contributed by atoms with E-state index in [9.17, 15) is 4.39 Å². The third-order valence-electron chi connectivity index (χ3n) is 4.05. The van der Waals surface area contributed by atoms with Crippen LogP contribution >= 0.6 is 0 Å². The molecule has 0 saturated heterocycles. The van der Waals surface area contributed by atoms with Gasteiger partial charge < -0.3 is 5.32 Å². The summed E-state index contributed by atoms with van der Waals surface area (Å²) in [5.41, 5.74) is 1.80. The Kier molecular flexibility index (Phi) is 4.24. The van der Waals surface area contributed by atoms with Gasteiger partial charge in [-0.05, 0) is 62.1 Å². The van der Waals surface area contributed by atoms with E-state index in [1.807, 2.05) is 12.1 Å². The second-order valence-corrected chi connectivity index (χ2v) is 8.18. The fourth-order valence-corrected chi connectivity index (χ4v) is 3.67. The molecule has 1 aromatic rings. The molecule has 20 heavy (non-hydrogen) atoms. The van der Waals surface area contributed by atoms with Gasteiger partial charge in [0, 0.05) is 11.6 Å². The second-order valence-electron chi connectivity index (χ2n) is 8.18. The zero-order chi connectivity index (χ0) is 15.0. The normalized spacial score (nSPS) is 23.5. The maximum atomic E-state index is 12.9. The second kappa shape index (κ2) is 5.48.